The SMILES string of the molecule is CCN(CC)CCCNc1sc(C#N)c(N)c1OC(C)C. The predicted molar refractivity (Wildman–Crippen MR) is 90.1 cm³/mol. The first-order chi connectivity index (χ1) is 10.0. The normalized spacial score (nSPS) is 10.9. The van der Waals surface area contributed by atoms with Crippen molar-refractivity contribution in [2.75, 3.05) is 37.2 Å². The summed E-state index contributed by atoms with van der Waals surface area (Å²) in [6.45, 7) is 12.3. The Hall–Kier alpha value is -1.45. The van der Waals surface area contributed by atoms with Gasteiger partial charge >= 0.3 is 0 Å². The van der Waals surface area contributed by atoms with Gasteiger partial charge in [-0.1, -0.05) is 13.8 Å². The molecule has 0 aromatic carbocycles. The Morgan fingerprint density at radius 2 is 2.05 bits per heavy atom. The molecule has 0 unspecified atom stereocenters. The van der Waals surface area contributed by atoms with Crippen LogP contribution in [-0.2, 0) is 0 Å². The summed E-state index contributed by atoms with van der Waals surface area (Å²) in [5.74, 6) is 0.620. The molecule has 0 spiro atoms. The lowest BCUT2D eigenvalue weighted by Crippen LogP contribution is -2.25. The summed E-state index contributed by atoms with van der Waals surface area (Å²) in [5.41, 5.74) is 6.42. The highest BCUT2D eigenvalue weighted by atomic mass is 32.1. The number of nitrogens with two attached hydrogens (primary N) is 1. The minimum absolute atomic E-state index is 0.0321. The fourth-order valence-electron chi connectivity index (χ4n) is 2.03. The van der Waals surface area contributed by atoms with E-state index in [9.17, 15) is 0 Å². The first-order valence-corrected chi connectivity index (χ1v) is 8.30. The molecule has 0 bridgehead atoms. The molecule has 0 saturated carbocycles. The molecule has 0 aliphatic rings. The van der Waals surface area contributed by atoms with Gasteiger partial charge in [-0.25, -0.2) is 0 Å². The van der Waals surface area contributed by atoms with Crippen LogP contribution in [0.4, 0.5) is 10.7 Å². The third kappa shape index (κ3) is 5.10. The van der Waals surface area contributed by atoms with Crippen LogP contribution >= 0.6 is 11.3 Å². The van der Waals surface area contributed by atoms with Crippen LogP contribution in [0.1, 0.15) is 39.0 Å². The zero-order valence-corrected chi connectivity index (χ0v) is 14.2. The Labute approximate surface area is 131 Å². The van der Waals surface area contributed by atoms with Gasteiger partial charge in [0.05, 0.1) is 6.10 Å². The number of nitrogen functional groups attached to an aromatic ring is 1. The van der Waals surface area contributed by atoms with Crippen molar-refractivity contribution in [1.82, 2.24) is 4.90 Å². The van der Waals surface area contributed by atoms with E-state index in [4.69, 9.17) is 15.7 Å². The molecule has 0 radical (unpaired) electrons. The molecule has 0 atom stereocenters. The van der Waals surface area contributed by atoms with Gasteiger partial charge in [0, 0.05) is 6.54 Å². The first kappa shape index (κ1) is 17.6. The number of rotatable bonds is 9. The zero-order valence-electron chi connectivity index (χ0n) is 13.4. The topological polar surface area (TPSA) is 74.3 Å². The number of nitrogens with one attached hydrogen (secondary N) is 1. The lowest BCUT2D eigenvalue weighted by atomic mass is 10.3. The number of ether oxygens (including phenoxy) is 1. The maximum Gasteiger partial charge on any atom is 0.178 e. The molecule has 6 heteroatoms. The number of hydrogen-bond donors (Lipinski definition) is 2. The molecule has 21 heavy (non-hydrogen) atoms. The third-order valence-corrected chi connectivity index (χ3v) is 4.23. The van der Waals surface area contributed by atoms with Crippen molar-refractivity contribution >= 4 is 22.0 Å². The summed E-state index contributed by atoms with van der Waals surface area (Å²) in [6.07, 6.45) is 1.08. The van der Waals surface area contributed by atoms with E-state index >= 15 is 0 Å². The number of nitrogens with zero attached hydrogens (tertiary/aromatic N) is 2. The second-order valence-electron chi connectivity index (χ2n) is 5.09. The molecule has 1 rings (SSSR count). The molecule has 0 saturated heterocycles. The van der Waals surface area contributed by atoms with Crippen molar-refractivity contribution < 1.29 is 4.74 Å². The molecule has 1 aromatic rings. The molecule has 1 aromatic heterocycles. The lowest BCUT2D eigenvalue weighted by molar-refractivity contribution is 0.246. The molecule has 0 amide bonds. The van der Waals surface area contributed by atoms with Crippen LogP contribution in [0.5, 0.6) is 5.75 Å². The standard InChI is InChI=1S/C15H26N4OS/c1-5-19(6-2)9-7-8-18-15-14(20-11(3)4)13(17)12(10-16)21-15/h11,18H,5-9,17H2,1-4H3. The van der Waals surface area contributed by atoms with Gasteiger partial charge in [-0.05, 0) is 39.9 Å². The average molecular weight is 310 g/mol. The van der Waals surface area contributed by atoms with Gasteiger partial charge in [0.2, 0.25) is 0 Å². The van der Waals surface area contributed by atoms with Gasteiger partial charge in [0.15, 0.2) is 5.75 Å². The van der Waals surface area contributed by atoms with E-state index in [0.29, 0.717) is 16.3 Å². The van der Waals surface area contributed by atoms with Crippen molar-refractivity contribution in [2.24, 2.45) is 0 Å². The average Bonchev–Trinajstić information content (AvgIpc) is 2.75. The Bertz CT molecular complexity index is 475. The lowest BCUT2D eigenvalue weighted by Gasteiger charge is -2.18. The summed E-state index contributed by atoms with van der Waals surface area (Å²) in [7, 11) is 0. The Morgan fingerprint density at radius 1 is 1.38 bits per heavy atom. The minimum Gasteiger partial charge on any atom is -0.486 e. The van der Waals surface area contributed by atoms with Crippen molar-refractivity contribution in [3.8, 4) is 11.8 Å². The van der Waals surface area contributed by atoms with Crippen LogP contribution in [0.15, 0.2) is 0 Å². The van der Waals surface area contributed by atoms with Crippen molar-refractivity contribution in [2.45, 2.75) is 40.2 Å². The Balaban J connectivity index is 2.63. The van der Waals surface area contributed by atoms with Gasteiger partial charge in [0.25, 0.3) is 0 Å². The summed E-state index contributed by atoms with van der Waals surface area (Å²) < 4.78 is 5.74. The summed E-state index contributed by atoms with van der Waals surface area (Å²) in [4.78, 5) is 2.90. The smallest absolute Gasteiger partial charge is 0.178 e. The van der Waals surface area contributed by atoms with E-state index in [1.807, 2.05) is 13.8 Å². The van der Waals surface area contributed by atoms with Gasteiger partial charge in [-0.15, -0.1) is 11.3 Å². The molecule has 0 fully saturated rings. The third-order valence-electron chi connectivity index (χ3n) is 3.19. The molecule has 3 N–H and O–H groups in total. The number of anilines is 2. The van der Waals surface area contributed by atoms with Crippen molar-refractivity contribution in [3.63, 3.8) is 0 Å². The van der Waals surface area contributed by atoms with Gasteiger partial charge in [-0.3, -0.25) is 0 Å². The molecule has 0 aliphatic carbocycles. The molecule has 1 heterocycles. The largest absolute Gasteiger partial charge is 0.486 e. The van der Waals surface area contributed by atoms with Crippen LogP contribution in [0.3, 0.4) is 0 Å². The summed E-state index contributed by atoms with van der Waals surface area (Å²) in [6, 6.07) is 2.12. The highest BCUT2D eigenvalue weighted by Crippen LogP contribution is 2.42. The van der Waals surface area contributed by atoms with E-state index in [1.54, 1.807) is 0 Å². The first-order valence-electron chi connectivity index (χ1n) is 7.48. The van der Waals surface area contributed by atoms with Gasteiger partial charge < -0.3 is 20.7 Å². The maximum absolute atomic E-state index is 9.09. The summed E-state index contributed by atoms with van der Waals surface area (Å²) >= 11 is 1.36. The van der Waals surface area contributed by atoms with E-state index in [-0.39, 0.29) is 6.10 Å². The summed E-state index contributed by atoms with van der Waals surface area (Å²) in [5, 5.41) is 13.3. The molecular weight excluding hydrogens is 284 g/mol. The fraction of sp³-hybridized carbons (Fsp3) is 0.667. The second-order valence-corrected chi connectivity index (χ2v) is 6.11. The molecular formula is C15H26N4OS. The number of thiophene rings is 1. The fourth-order valence-corrected chi connectivity index (χ4v) is 2.90. The van der Waals surface area contributed by atoms with E-state index in [1.165, 1.54) is 11.3 Å². The monoisotopic (exact) mass is 310 g/mol. The van der Waals surface area contributed by atoms with Gasteiger partial charge in [-0.2, -0.15) is 5.26 Å². The van der Waals surface area contributed by atoms with Crippen LogP contribution in [0.2, 0.25) is 0 Å². The predicted octanol–water partition coefficient (Wildman–Crippen LogP) is 3.13. The van der Waals surface area contributed by atoms with Gasteiger partial charge in [0.1, 0.15) is 21.6 Å². The quantitative estimate of drug-likeness (QED) is 0.685. The van der Waals surface area contributed by atoms with Crippen LogP contribution < -0.4 is 15.8 Å². The second kappa shape index (κ2) is 8.75. The maximum atomic E-state index is 9.09. The van der Waals surface area contributed by atoms with Crippen LogP contribution in [-0.4, -0.2) is 37.2 Å². The van der Waals surface area contributed by atoms with E-state index < -0.39 is 0 Å². The Kier molecular flexibility index (Phi) is 7.34. The Morgan fingerprint density at radius 3 is 2.57 bits per heavy atom. The van der Waals surface area contributed by atoms with Crippen molar-refractivity contribution in [1.29, 1.82) is 5.26 Å². The zero-order chi connectivity index (χ0) is 15.8. The number of hydrogen-bond acceptors (Lipinski definition) is 6. The van der Waals surface area contributed by atoms with Crippen LogP contribution in [0, 0.1) is 11.3 Å². The minimum atomic E-state index is 0.0321. The molecule has 5 nitrogen and oxygen atoms in total. The van der Waals surface area contributed by atoms with E-state index in [2.05, 4.69) is 30.1 Å². The molecule has 118 valence electrons. The highest BCUT2D eigenvalue weighted by molar-refractivity contribution is 7.17. The van der Waals surface area contributed by atoms with Crippen molar-refractivity contribution in [3.05, 3.63) is 4.88 Å². The van der Waals surface area contributed by atoms with Crippen LogP contribution in [0.25, 0.3) is 0 Å². The number of nitriles is 1. The van der Waals surface area contributed by atoms with E-state index in [0.717, 1.165) is 37.6 Å². The highest BCUT2D eigenvalue weighted by Gasteiger charge is 2.18. The molecule has 0 aliphatic heterocycles.